The molecule has 0 aliphatic heterocycles. The highest BCUT2D eigenvalue weighted by molar-refractivity contribution is 6.03. The van der Waals surface area contributed by atoms with Crippen molar-refractivity contribution >= 4 is 11.9 Å². The number of rotatable bonds is 5. The largest absolute Gasteiger partial charge is 0.416 e. The Bertz CT molecular complexity index is 1070. The molecule has 0 saturated carbocycles. The molecule has 1 aromatic heterocycles. The first-order valence-corrected chi connectivity index (χ1v) is 9.35. The quantitative estimate of drug-likeness (QED) is 0.472. The lowest BCUT2D eigenvalue weighted by atomic mass is 10.0. The smallest absolute Gasteiger partial charge is 0.407 e. The number of alkyl halides is 6. The molecule has 11 heteroatoms. The van der Waals surface area contributed by atoms with Gasteiger partial charge in [0.05, 0.1) is 17.5 Å². The van der Waals surface area contributed by atoms with Crippen LogP contribution in [-0.4, -0.2) is 16.1 Å². The summed E-state index contributed by atoms with van der Waals surface area (Å²) in [4.78, 5) is 12.3. The molecule has 1 N–H and O–H groups in total. The number of benzene rings is 2. The van der Waals surface area contributed by atoms with E-state index in [-0.39, 0.29) is 18.4 Å². The zero-order chi connectivity index (χ0) is 23.7. The van der Waals surface area contributed by atoms with Crippen LogP contribution in [-0.2, 0) is 18.8 Å². The van der Waals surface area contributed by atoms with E-state index in [9.17, 15) is 31.1 Å². The Balaban J connectivity index is 1.77. The van der Waals surface area contributed by atoms with Gasteiger partial charge in [-0.15, -0.1) is 5.10 Å². The summed E-state index contributed by atoms with van der Waals surface area (Å²) < 4.78 is 83.0. The van der Waals surface area contributed by atoms with Crippen molar-refractivity contribution < 1.29 is 35.6 Å². The first-order chi connectivity index (χ1) is 14.8. The Morgan fingerprint density at radius 3 is 2.00 bits per heavy atom. The molecular weight excluding hydrogens is 440 g/mol. The Morgan fingerprint density at radius 1 is 0.938 bits per heavy atom. The second kappa shape index (κ2) is 8.64. The van der Waals surface area contributed by atoms with Crippen LogP contribution in [0, 0.1) is 0 Å². The molecular formula is C21H17F6N3O2. The fourth-order valence-electron chi connectivity index (χ4n) is 2.83. The highest BCUT2D eigenvalue weighted by atomic mass is 19.4. The molecule has 5 nitrogen and oxygen atoms in total. The number of hydrogen-bond donors (Lipinski definition) is 1. The molecule has 0 aliphatic carbocycles. The maximum atomic E-state index is 13.0. The third-order valence-corrected chi connectivity index (χ3v) is 4.54. The zero-order valence-electron chi connectivity index (χ0n) is 16.8. The lowest BCUT2D eigenvalue weighted by Crippen LogP contribution is -2.17. The average Bonchev–Trinajstić information content (AvgIpc) is 3.13. The molecule has 0 saturated heterocycles. The van der Waals surface area contributed by atoms with E-state index < -0.39 is 41.0 Å². The SMILES string of the molecule is CC(C)c1ccc(Cc2nnc(NC(=O)c3cc(C(F)(F)F)cc(C(F)(F)F)c3)o2)cc1. The number of halogens is 6. The van der Waals surface area contributed by atoms with E-state index in [0.717, 1.165) is 11.1 Å². The van der Waals surface area contributed by atoms with Crippen molar-refractivity contribution in [2.24, 2.45) is 0 Å². The predicted molar refractivity (Wildman–Crippen MR) is 102 cm³/mol. The summed E-state index contributed by atoms with van der Waals surface area (Å²) in [7, 11) is 0. The van der Waals surface area contributed by atoms with E-state index >= 15 is 0 Å². The Labute approximate surface area is 178 Å². The summed E-state index contributed by atoms with van der Waals surface area (Å²) in [6.07, 6.45) is -9.92. The summed E-state index contributed by atoms with van der Waals surface area (Å²) in [6.45, 7) is 4.09. The van der Waals surface area contributed by atoms with E-state index in [1.54, 1.807) is 0 Å². The molecule has 3 rings (SSSR count). The maximum absolute atomic E-state index is 13.0. The van der Waals surface area contributed by atoms with E-state index in [1.807, 2.05) is 43.4 Å². The minimum atomic E-state index is -5.07. The number of nitrogens with one attached hydrogen (secondary N) is 1. The average molecular weight is 457 g/mol. The summed E-state index contributed by atoms with van der Waals surface area (Å²) in [5.74, 6) is -0.793. The predicted octanol–water partition coefficient (Wildman–Crippen LogP) is 6.07. The van der Waals surface area contributed by atoms with E-state index in [4.69, 9.17) is 4.42 Å². The van der Waals surface area contributed by atoms with Crippen LogP contribution in [0.2, 0.25) is 0 Å². The van der Waals surface area contributed by atoms with Gasteiger partial charge in [0, 0.05) is 5.56 Å². The molecule has 0 bridgehead atoms. The number of nitrogens with zero attached hydrogens (tertiary/aromatic N) is 2. The molecule has 2 aromatic carbocycles. The molecule has 0 atom stereocenters. The van der Waals surface area contributed by atoms with Crippen molar-refractivity contribution in [2.75, 3.05) is 5.32 Å². The summed E-state index contributed by atoms with van der Waals surface area (Å²) >= 11 is 0. The highest BCUT2D eigenvalue weighted by Crippen LogP contribution is 2.36. The Hall–Kier alpha value is -3.37. The van der Waals surface area contributed by atoms with Crippen molar-refractivity contribution in [1.82, 2.24) is 10.2 Å². The maximum Gasteiger partial charge on any atom is 0.416 e. The van der Waals surface area contributed by atoms with Crippen LogP contribution in [0.3, 0.4) is 0 Å². The van der Waals surface area contributed by atoms with Crippen LogP contribution in [0.4, 0.5) is 32.4 Å². The second-order valence-electron chi connectivity index (χ2n) is 7.32. The van der Waals surface area contributed by atoms with Gasteiger partial charge in [-0.1, -0.05) is 43.2 Å². The van der Waals surface area contributed by atoms with Gasteiger partial charge in [0.1, 0.15) is 0 Å². The molecule has 0 radical (unpaired) electrons. The highest BCUT2D eigenvalue weighted by Gasteiger charge is 2.37. The minimum Gasteiger partial charge on any atom is -0.407 e. The molecule has 3 aromatic rings. The van der Waals surface area contributed by atoms with Crippen LogP contribution in [0.25, 0.3) is 0 Å². The van der Waals surface area contributed by atoms with Crippen LogP contribution in [0.15, 0.2) is 46.9 Å². The molecule has 170 valence electrons. The van der Waals surface area contributed by atoms with Crippen LogP contribution in [0.1, 0.15) is 58.3 Å². The third kappa shape index (κ3) is 5.65. The Kier molecular flexibility index (Phi) is 6.29. The van der Waals surface area contributed by atoms with Gasteiger partial charge >= 0.3 is 18.4 Å². The standard InChI is InChI=1S/C21H17F6N3O2/c1-11(2)13-5-3-12(4-6-13)7-17-29-30-19(32-17)28-18(31)14-8-15(20(22,23)24)10-16(9-14)21(25,26)27/h3-6,8-11H,7H2,1-2H3,(H,28,30,31). The zero-order valence-corrected chi connectivity index (χ0v) is 16.8. The monoisotopic (exact) mass is 457 g/mol. The summed E-state index contributed by atoms with van der Waals surface area (Å²) in [6, 6.07) is 7.71. The lowest BCUT2D eigenvalue weighted by Gasteiger charge is -2.13. The van der Waals surface area contributed by atoms with Gasteiger partial charge in [0.25, 0.3) is 5.91 Å². The Morgan fingerprint density at radius 2 is 1.50 bits per heavy atom. The first-order valence-electron chi connectivity index (χ1n) is 9.35. The molecule has 0 aliphatic rings. The molecule has 1 heterocycles. The first kappa shape index (κ1) is 23.3. The van der Waals surface area contributed by atoms with Crippen molar-refractivity contribution in [1.29, 1.82) is 0 Å². The fraction of sp³-hybridized carbons (Fsp3) is 0.286. The number of aromatic nitrogens is 2. The molecule has 0 unspecified atom stereocenters. The second-order valence-corrected chi connectivity index (χ2v) is 7.32. The minimum absolute atomic E-state index is 0.0633. The summed E-state index contributed by atoms with van der Waals surface area (Å²) in [5, 5.41) is 9.34. The molecule has 1 amide bonds. The third-order valence-electron chi connectivity index (χ3n) is 4.54. The van der Waals surface area contributed by atoms with Gasteiger partial charge in [-0.2, -0.15) is 26.3 Å². The number of carbonyl (C=O) groups is 1. The van der Waals surface area contributed by atoms with Crippen molar-refractivity contribution in [3.8, 4) is 0 Å². The molecule has 0 spiro atoms. The van der Waals surface area contributed by atoms with Gasteiger partial charge in [0.15, 0.2) is 0 Å². The molecule has 0 fully saturated rings. The lowest BCUT2D eigenvalue weighted by molar-refractivity contribution is -0.143. The topological polar surface area (TPSA) is 68.0 Å². The van der Waals surface area contributed by atoms with Crippen molar-refractivity contribution in [3.05, 3.63) is 76.2 Å². The van der Waals surface area contributed by atoms with Gasteiger partial charge < -0.3 is 4.42 Å². The van der Waals surface area contributed by atoms with Gasteiger partial charge in [0.2, 0.25) is 5.89 Å². The number of hydrogen-bond acceptors (Lipinski definition) is 4. The molecule has 32 heavy (non-hydrogen) atoms. The number of anilines is 1. The summed E-state index contributed by atoms with van der Waals surface area (Å²) in [5.41, 5.74) is -2.09. The normalized spacial score (nSPS) is 12.3. The van der Waals surface area contributed by atoms with Gasteiger partial charge in [-0.25, -0.2) is 0 Å². The number of carbonyl (C=O) groups excluding carboxylic acids is 1. The van der Waals surface area contributed by atoms with Crippen LogP contribution >= 0.6 is 0 Å². The van der Waals surface area contributed by atoms with Gasteiger partial charge in [-0.05, 0) is 35.2 Å². The van der Waals surface area contributed by atoms with Gasteiger partial charge in [-0.3, -0.25) is 10.1 Å². The van der Waals surface area contributed by atoms with E-state index in [2.05, 4.69) is 10.2 Å². The van der Waals surface area contributed by atoms with E-state index in [0.29, 0.717) is 18.1 Å². The van der Waals surface area contributed by atoms with Crippen molar-refractivity contribution in [2.45, 2.75) is 38.5 Å². The fourth-order valence-corrected chi connectivity index (χ4v) is 2.83. The van der Waals surface area contributed by atoms with E-state index in [1.165, 1.54) is 0 Å². The van der Waals surface area contributed by atoms with Crippen LogP contribution < -0.4 is 5.32 Å². The van der Waals surface area contributed by atoms with Crippen LogP contribution in [0.5, 0.6) is 0 Å². The number of amides is 1. The van der Waals surface area contributed by atoms with Crippen molar-refractivity contribution in [3.63, 3.8) is 0 Å².